The van der Waals surface area contributed by atoms with Crippen LogP contribution >= 0.6 is 23.2 Å². The highest BCUT2D eigenvalue weighted by atomic mass is 35.5. The van der Waals surface area contributed by atoms with Crippen molar-refractivity contribution in [1.82, 2.24) is 10.3 Å². The maximum absolute atomic E-state index is 12.0. The van der Waals surface area contributed by atoms with Gasteiger partial charge in [0.25, 0.3) is 5.91 Å². The minimum absolute atomic E-state index is 0.0132. The number of hydrogen-bond donors (Lipinski definition) is 2. The first-order valence-corrected chi connectivity index (χ1v) is 6.65. The van der Waals surface area contributed by atoms with E-state index in [9.17, 15) is 9.59 Å². The van der Waals surface area contributed by atoms with Gasteiger partial charge in [0.15, 0.2) is 0 Å². The van der Waals surface area contributed by atoms with Gasteiger partial charge in [-0.1, -0.05) is 35.3 Å². The number of carboxylic acid groups (broad SMARTS) is 1. The Morgan fingerprint density at radius 3 is 2.62 bits per heavy atom. The lowest BCUT2D eigenvalue weighted by molar-refractivity contribution is 0.0696. The molecule has 21 heavy (non-hydrogen) atoms. The van der Waals surface area contributed by atoms with Crippen molar-refractivity contribution in [2.24, 2.45) is 0 Å². The van der Waals surface area contributed by atoms with Gasteiger partial charge in [-0.3, -0.25) is 4.79 Å². The molecule has 1 amide bonds. The number of benzene rings is 1. The summed E-state index contributed by atoms with van der Waals surface area (Å²) in [6.45, 7) is 0.179. The Bertz CT molecular complexity index is 704. The Balaban J connectivity index is 2.07. The average molecular weight is 325 g/mol. The van der Waals surface area contributed by atoms with Gasteiger partial charge in [-0.15, -0.1) is 0 Å². The number of halogens is 2. The predicted octanol–water partition coefficient (Wildman–Crippen LogP) is 3.02. The summed E-state index contributed by atoms with van der Waals surface area (Å²) < 4.78 is 0. The predicted molar refractivity (Wildman–Crippen MR) is 78.8 cm³/mol. The molecule has 0 unspecified atom stereocenters. The normalized spacial score (nSPS) is 10.2. The van der Waals surface area contributed by atoms with Crippen LogP contribution in [0, 0.1) is 0 Å². The van der Waals surface area contributed by atoms with Crippen LogP contribution in [0.25, 0.3) is 0 Å². The molecule has 0 spiro atoms. The van der Waals surface area contributed by atoms with Crippen LogP contribution < -0.4 is 5.32 Å². The molecule has 0 fully saturated rings. The highest BCUT2D eigenvalue weighted by Gasteiger charge is 2.12. The number of carbonyl (C=O) groups is 2. The van der Waals surface area contributed by atoms with Crippen LogP contribution in [0.4, 0.5) is 0 Å². The number of aromatic nitrogens is 1. The monoisotopic (exact) mass is 324 g/mol. The maximum Gasteiger partial charge on any atom is 0.335 e. The molecule has 0 aliphatic heterocycles. The number of hydrogen-bond acceptors (Lipinski definition) is 3. The van der Waals surface area contributed by atoms with Gasteiger partial charge in [0.05, 0.1) is 11.1 Å². The molecule has 0 aliphatic rings. The third kappa shape index (κ3) is 3.93. The molecule has 1 heterocycles. The molecular weight excluding hydrogens is 315 g/mol. The van der Waals surface area contributed by atoms with Crippen molar-refractivity contribution in [1.29, 1.82) is 0 Å². The number of nitrogens with zero attached hydrogens (tertiary/aromatic N) is 1. The number of nitrogens with one attached hydrogen (secondary N) is 1. The van der Waals surface area contributed by atoms with Crippen molar-refractivity contribution in [2.75, 3.05) is 0 Å². The molecule has 0 saturated heterocycles. The van der Waals surface area contributed by atoms with Crippen molar-refractivity contribution in [3.8, 4) is 0 Å². The molecule has 1 aromatic carbocycles. The fourth-order valence-corrected chi connectivity index (χ4v) is 2.10. The van der Waals surface area contributed by atoms with E-state index < -0.39 is 11.9 Å². The van der Waals surface area contributed by atoms with Crippen molar-refractivity contribution in [3.05, 3.63) is 63.4 Å². The molecule has 0 saturated carbocycles. The Morgan fingerprint density at radius 2 is 1.95 bits per heavy atom. The lowest BCUT2D eigenvalue weighted by Crippen LogP contribution is -2.23. The summed E-state index contributed by atoms with van der Waals surface area (Å²) in [7, 11) is 0. The van der Waals surface area contributed by atoms with Crippen LogP contribution in [0.3, 0.4) is 0 Å². The van der Waals surface area contributed by atoms with E-state index in [0.29, 0.717) is 5.56 Å². The zero-order valence-electron chi connectivity index (χ0n) is 10.6. The van der Waals surface area contributed by atoms with Crippen molar-refractivity contribution < 1.29 is 14.7 Å². The number of aromatic carboxylic acids is 1. The lowest BCUT2D eigenvalue weighted by atomic mass is 10.1. The van der Waals surface area contributed by atoms with Crippen molar-refractivity contribution in [3.63, 3.8) is 0 Å². The van der Waals surface area contributed by atoms with E-state index in [2.05, 4.69) is 10.3 Å². The van der Waals surface area contributed by atoms with Gasteiger partial charge >= 0.3 is 5.97 Å². The molecular formula is C14H10Cl2N2O3. The van der Waals surface area contributed by atoms with E-state index in [1.54, 1.807) is 12.1 Å². The quantitative estimate of drug-likeness (QED) is 0.847. The Labute approximate surface area is 130 Å². The first-order valence-electron chi connectivity index (χ1n) is 5.90. The molecule has 0 aliphatic carbocycles. The highest BCUT2D eigenvalue weighted by Crippen LogP contribution is 2.16. The number of rotatable bonds is 4. The molecule has 0 atom stereocenters. The molecule has 108 valence electrons. The summed E-state index contributed by atoms with van der Waals surface area (Å²) >= 11 is 11.5. The van der Waals surface area contributed by atoms with Crippen molar-refractivity contribution in [2.45, 2.75) is 6.54 Å². The van der Waals surface area contributed by atoms with Crippen molar-refractivity contribution >= 4 is 35.1 Å². The molecule has 2 N–H and O–H groups in total. The lowest BCUT2D eigenvalue weighted by Gasteiger charge is -2.07. The van der Waals surface area contributed by atoms with E-state index >= 15 is 0 Å². The Hall–Kier alpha value is -2.11. The van der Waals surface area contributed by atoms with Gasteiger partial charge in [0.2, 0.25) is 0 Å². The second-order valence-electron chi connectivity index (χ2n) is 4.16. The third-order valence-electron chi connectivity index (χ3n) is 2.69. The van der Waals surface area contributed by atoms with Crippen LogP contribution in [0.2, 0.25) is 10.3 Å². The number of carbonyl (C=O) groups excluding carboxylic acids is 1. The van der Waals surface area contributed by atoms with Crippen LogP contribution in [0.1, 0.15) is 26.3 Å². The standard InChI is InChI=1S/C14H10Cl2N2O3/c15-11-5-4-10(12(16)18-11)13(19)17-7-8-2-1-3-9(6-8)14(20)21/h1-6H,7H2,(H,17,19)(H,20,21). The largest absolute Gasteiger partial charge is 0.478 e. The van der Waals surface area contributed by atoms with E-state index in [1.807, 2.05) is 0 Å². The third-order valence-corrected chi connectivity index (χ3v) is 3.18. The van der Waals surface area contributed by atoms with Gasteiger partial charge in [-0.25, -0.2) is 9.78 Å². The molecule has 1 aromatic heterocycles. The van der Waals surface area contributed by atoms with Gasteiger partial charge in [0.1, 0.15) is 10.3 Å². The molecule has 2 aromatic rings. The van der Waals surface area contributed by atoms with Crippen LogP contribution in [0.5, 0.6) is 0 Å². The zero-order valence-corrected chi connectivity index (χ0v) is 12.1. The van der Waals surface area contributed by atoms with Gasteiger partial charge in [-0.05, 0) is 29.8 Å². The van der Waals surface area contributed by atoms with Crippen LogP contribution in [-0.2, 0) is 6.54 Å². The number of carboxylic acids is 1. The van der Waals surface area contributed by atoms with Crippen LogP contribution in [-0.4, -0.2) is 22.0 Å². The van der Waals surface area contributed by atoms with Gasteiger partial charge < -0.3 is 10.4 Å². The smallest absolute Gasteiger partial charge is 0.335 e. The van der Waals surface area contributed by atoms with Gasteiger partial charge in [-0.2, -0.15) is 0 Å². The zero-order chi connectivity index (χ0) is 15.4. The number of pyridine rings is 1. The second-order valence-corrected chi connectivity index (χ2v) is 4.91. The highest BCUT2D eigenvalue weighted by molar-refractivity contribution is 6.34. The van der Waals surface area contributed by atoms with Crippen LogP contribution in [0.15, 0.2) is 36.4 Å². The van der Waals surface area contributed by atoms with E-state index in [1.165, 1.54) is 24.3 Å². The fraction of sp³-hybridized carbons (Fsp3) is 0.0714. The first-order chi connectivity index (χ1) is 9.97. The molecule has 0 bridgehead atoms. The van der Waals surface area contributed by atoms with E-state index in [4.69, 9.17) is 28.3 Å². The summed E-state index contributed by atoms with van der Waals surface area (Å²) in [5, 5.41) is 11.8. The molecule has 5 nitrogen and oxygen atoms in total. The van der Waals surface area contributed by atoms with E-state index in [0.717, 1.165) is 0 Å². The first kappa shape index (κ1) is 15.3. The summed E-state index contributed by atoms with van der Waals surface area (Å²) in [5.74, 6) is -1.43. The summed E-state index contributed by atoms with van der Waals surface area (Å²) in [5.41, 5.74) is 1.03. The SMILES string of the molecule is O=C(O)c1cccc(CNC(=O)c2ccc(Cl)nc2Cl)c1. The fourth-order valence-electron chi connectivity index (χ4n) is 1.67. The minimum Gasteiger partial charge on any atom is -0.478 e. The molecule has 7 heteroatoms. The topological polar surface area (TPSA) is 79.3 Å². The Kier molecular flexibility index (Phi) is 4.77. The maximum atomic E-state index is 12.0. The molecule has 0 radical (unpaired) electrons. The summed E-state index contributed by atoms with van der Waals surface area (Å²) in [4.78, 5) is 26.6. The average Bonchev–Trinajstić information content (AvgIpc) is 2.45. The summed E-state index contributed by atoms with van der Waals surface area (Å²) in [6, 6.07) is 9.24. The van der Waals surface area contributed by atoms with E-state index in [-0.39, 0.29) is 28.0 Å². The summed E-state index contributed by atoms with van der Waals surface area (Å²) in [6.07, 6.45) is 0. The Morgan fingerprint density at radius 1 is 1.19 bits per heavy atom. The minimum atomic E-state index is -1.02. The second kappa shape index (κ2) is 6.56. The van der Waals surface area contributed by atoms with Gasteiger partial charge in [0, 0.05) is 6.54 Å². The molecule has 2 rings (SSSR count). The number of amides is 1.